The third-order valence-corrected chi connectivity index (χ3v) is 3.59. The van der Waals surface area contributed by atoms with Crippen molar-refractivity contribution in [3.63, 3.8) is 0 Å². The van der Waals surface area contributed by atoms with Crippen molar-refractivity contribution in [2.24, 2.45) is 15.0 Å². The van der Waals surface area contributed by atoms with Gasteiger partial charge in [0.2, 0.25) is 0 Å². The largest absolute Gasteiger partial charge is 0.353 e. The van der Waals surface area contributed by atoms with Gasteiger partial charge >= 0.3 is 0 Å². The Kier molecular flexibility index (Phi) is 3.77. The zero-order valence-corrected chi connectivity index (χ0v) is 13.1. The van der Waals surface area contributed by atoms with Crippen molar-refractivity contribution in [3.8, 4) is 0 Å². The summed E-state index contributed by atoms with van der Waals surface area (Å²) in [5, 5.41) is 0. The number of H-pyrrole nitrogens is 1. The van der Waals surface area contributed by atoms with Crippen LogP contribution in [0.5, 0.6) is 0 Å². The number of aldehydes is 1. The van der Waals surface area contributed by atoms with Crippen molar-refractivity contribution < 1.29 is 4.79 Å². The van der Waals surface area contributed by atoms with Crippen molar-refractivity contribution in [2.45, 2.75) is 0 Å². The van der Waals surface area contributed by atoms with Gasteiger partial charge in [0.1, 0.15) is 0 Å². The molecule has 0 atom stereocenters. The quantitative estimate of drug-likeness (QED) is 0.669. The molecule has 5 nitrogen and oxygen atoms in total. The number of nitrogens with one attached hydrogen (secondary N) is 1. The van der Waals surface area contributed by atoms with E-state index in [-0.39, 0.29) is 0 Å². The number of hydrogen-bond acceptors (Lipinski definition) is 4. The van der Waals surface area contributed by atoms with Crippen LogP contribution in [-0.2, 0) is 0 Å². The lowest BCUT2D eigenvalue weighted by Gasteiger charge is -1.92. The molecule has 0 unspecified atom stereocenters. The molecule has 1 aromatic rings. The van der Waals surface area contributed by atoms with Gasteiger partial charge in [-0.2, -0.15) is 4.99 Å². The fourth-order valence-electron chi connectivity index (χ4n) is 2.46. The van der Waals surface area contributed by atoms with Gasteiger partial charge in [-0.3, -0.25) is 4.79 Å². The zero-order valence-electron chi connectivity index (χ0n) is 13.1. The van der Waals surface area contributed by atoms with Crippen LogP contribution in [0.3, 0.4) is 0 Å². The number of allylic oxidation sites excluding steroid dienone is 7. The summed E-state index contributed by atoms with van der Waals surface area (Å²) in [5.74, 6) is 2.65. The predicted molar refractivity (Wildman–Crippen MR) is 99.0 cm³/mol. The highest BCUT2D eigenvalue weighted by molar-refractivity contribution is 6.11. The Balaban J connectivity index is 1.50. The Hall–Kier alpha value is -3.78. The number of hydrogen-bond donors (Lipinski definition) is 1. The third-order valence-electron chi connectivity index (χ3n) is 3.59. The van der Waals surface area contributed by atoms with Crippen molar-refractivity contribution in [1.29, 1.82) is 0 Å². The molecular formula is C20H12N4O. The maximum absolute atomic E-state index is 10.7. The van der Waals surface area contributed by atoms with Gasteiger partial charge in [0.25, 0.3) is 0 Å². The van der Waals surface area contributed by atoms with E-state index in [1.807, 2.05) is 48.6 Å². The second kappa shape index (κ2) is 6.38. The SMILES string of the molecule is O=Cc1ccc(C=C2C=CC(C=C3C=CC(C=C4C=C=C=N4)=N3)=N2)[nH]1. The minimum absolute atomic E-state index is 0.545. The van der Waals surface area contributed by atoms with Gasteiger partial charge in [0, 0.05) is 17.6 Å². The van der Waals surface area contributed by atoms with E-state index in [0.29, 0.717) is 5.69 Å². The normalized spacial score (nSPS) is 22.0. The number of aromatic nitrogens is 1. The molecule has 1 N–H and O–H groups in total. The molecule has 0 radical (unpaired) electrons. The third kappa shape index (κ3) is 3.43. The number of nitrogens with zero attached hydrogens (tertiary/aromatic N) is 3. The van der Waals surface area contributed by atoms with Crippen LogP contribution >= 0.6 is 0 Å². The standard InChI is InChI=1S/C20H12N4O/c25-13-20-8-7-19(24-20)12-18-6-5-17(23-18)11-16-4-3-15(22-16)10-14-2-1-9-21-14/h2-8,10-13,24H. The molecule has 0 aromatic carbocycles. The van der Waals surface area contributed by atoms with E-state index in [1.165, 1.54) is 0 Å². The van der Waals surface area contributed by atoms with Crippen molar-refractivity contribution in [2.75, 3.05) is 0 Å². The van der Waals surface area contributed by atoms with E-state index in [4.69, 9.17) is 0 Å². The number of aliphatic imine (C=N–C) groups is 3. The van der Waals surface area contributed by atoms with Crippen LogP contribution in [0.2, 0.25) is 0 Å². The van der Waals surface area contributed by atoms with Gasteiger partial charge in [-0.15, -0.1) is 0 Å². The molecule has 0 aliphatic carbocycles. The summed E-state index contributed by atoms with van der Waals surface area (Å²) in [6.45, 7) is 0. The maximum atomic E-state index is 10.7. The van der Waals surface area contributed by atoms with Gasteiger partial charge in [-0.25, -0.2) is 9.98 Å². The highest BCUT2D eigenvalue weighted by atomic mass is 16.1. The molecule has 0 amide bonds. The second-order valence-electron chi connectivity index (χ2n) is 5.45. The minimum Gasteiger partial charge on any atom is -0.353 e. The molecule has 0 saturated carbocycles. The number of aromatic amines is 1. The summed E-state index contributed by atoms with van der Waals surface area (Å²) >= 11 is 0. The average molecular weight is 324 g/mol. The van der Waals surface area contributed by atoms with Crippen LogP contribution in [0.25, 0.3) is 6.08 Å². The average Bonchev–Trinajstić information content (AvgIpc) is 3.38. The Bertz CT molecular complexity index is 1050. The van der Waals surface area contributed by atoms with Gasteiger partial charge < -0.3 is 4.98 Å². The second-order valence-corrected chi connectivity index (χ2v) is 5.45. The topological polar surface area (TPSA) is 69.9 Å². The zero-order chi connectivity index (χ0) is 17.1. The van der Waals surface area contributed by atoms with E-state index >= 15 is 0 Å². The first-order valence-electron chi connectivity index (χ1n) is 7.66. The molecule has 118 valence electrons. The van der Waals surface area contributed by atoms with Crippen molar-refractivity contribution in [3.05, 3.63) is 88.9 Å². The van der Waals surface area contributed by atoms with Crippen LogP contribution in [0.1, 0.15) is 16.2 Å². The van der Waals surface area contributed by atoms with Crippen LogP contribution in [0, 0.1) is 0 Å². The fraction of sp³-hybridized carbons (Fsp3) is 0. The number of carbonyl (C=O) groups excluding carboxylic acids is 1. The van der Waals surface area contributed by atoms with Gasteiger partial charge in [-0.1, -0.05) is 0 Å². The minimum atomic E-state index is 0.545. The molecule has 0 fully saturated rings. The first kappa shape index (κ1) is 14.8. The highest BCUT2D eigenvalue weighted by Crippen LogP contribution is 2.17. The molecule has 25 heavy (non-hydrogen) atoms. The monoisotopic (exact) mass is 324 g/mol. The molecule has 1 aromatic heterocycles. The van der Waals surface area contributed by atoms with Crippen molar-refractivity contribution >= 4 is 29.7 Å². The highest BCUT2D eigenvalue weighted by Gasteiger charge is 2.07. The Morgan fingerprint density at radius 1 is 0.840 bits per heavy atom. The number of carbonyl (C=O) groups is 1. The summed E-state index contributed by atoms with van der Waals surface area (Å²) in [5.41, 5.74) is 8.26. The smallest absolute Gasteiger partial charge is 0.166 e. The molecule has 5 heteroatoms. The summed E-state index contributed by atoms with van der Waals surface area (Å²) in [7, 11) is 0. The van der Waals surface area contributed by atoms with E-state index < -0.39 is 0 Å². The summed E-state index contributed by atoms with van der Waals surface area (Å²) in [4.78, 5) is 26.8. The molecule has 0 bridgehead atoms. The predicted octanol–water partition coefficient (Wildman–Crippen LogP) is 3.35. The molecule has 4 rings (SSSR count). The molecule has 0 spiro atoms. The van der Waals surface area contributed by atoms with Crippen molar-refractivity contribution in [1.82, 2.24) is 4.98 Å². The summed E-state index contributed by atoms with van der Waals surface area (Å²) in [6.07, 6.45) is 15.9. The van der Waals surface area contributed by atoms with Gasteiger partial charge in [0.15, 0.2) is 6.29 Å². The fourth-order valence-corrected chi connectivity index (χ4v) is 2.46. The molecule has 3 aliphatic rings. The van der Waals surface area contributed by atoms with Crippen LogP contribution in [0.15, 0.2) is 92.5 Å². The van der Waals surface area contributed by atoms with Gasteiger partial charge in [0.05, 0.1) is 34.2 Å². The lowest BCUT2D eigenvalue weighted by Crippen LogP contribution is -1.86. The van der Waals surface area contributed by atoms with Crippen LogP contribution < -0.4 is 0 Å². The maximum Gasteiger partial charge on any atom is 0.166 e. The van der Waals surface area contributed by atoms with E-state index in [0.717, 1.165) is 40.5 Å². The summed E-state index contributed by atoms with van der Waals surface area (Å²) in [6, 6.07) is 3.58. The van der Waals surface area contributed by atoms with E-state index in [2.05, 4.69) is 31.6 Å². The molecule has 3 aliphatic heterocycles. The van der Waals surface area contributed by atoms with Crippen LogP contribution in [0.4, 0.5) is 0 Å². The molecule has 0 saturated heterocycles. The molecular weight excluding hydrogens is 312 g/mol. The lowest BCUT2D eigenvalue weighted by atomic mass is 10.2. The van der Waals surface area contributed by atoms with E-state index in [9.17, 15) is 4.79 Å². The molecule has 4 heterocycles. The van der Waals surface area contributed by atoms with Crippen LogP contribution in [-0.4, -0.2) is 28.6 Å². The first-order chi connectivity index (χ1) is 12.3. The Labute approximate surface area is 143 Å². The number of rotatable bonds is 4. The Morgan fingerprint density at radius 2 is 1.52 bits per heavy atom. The first-order valence-corrected chi connectivity index (χ1v) is 7.66. The van der Waals surface area contributed by atoms with Gasteiger partial charge in [-0.05, 0) is 60.4 Å². The summed E-state index contributed by atoms with van der Waals surface area (Å²) < 4.78 is 0. The lowest BCUT2D eigenvalue weighted by molar-refractivity contribution is 0.111. The Morgan fingerprint density at radius 3 is 2.16 bits per heavy atom. The van der Waals surface area contributed by atoms with E-state index in [1.54, 1.807) is 12.1 Å².